The van der Waals surface area contributed by atoms with Crippen LogP contribution in [-0.2, 0) is 11.0 Å². The molecule has 0 amide bonds. The minimum absolute atomic E-state index is 0.365. The minimum atomic E-state index is -1.27. The number of hydrogen-bond donors (Lipinski definition) is 0. The zero-order chi connectivity index (χ0) is 13.1. The van der Waals surface area contributed by atoms with Crippen molar-refractivity contribution in [1.29, 1.82) is 0 Å². The first-order valence-electron chi connectivity index (χ1n) is 5.14. The number of nitrogens with zero attached hydrogens (tertiary/aromatic N) is 1. The highest BCUT2D eigenvalue weighted by molar-refractivity contribution is 7.85. The number of ether oxygens (including phenoxy) is 1. The first-order chi connectivity index (χ1) is 7.84. The quantitative estimate of drug-likeness (QED) is 0.793. The monoisotopic (exact) mass is 273 g/mol. The average molecular weight is 274 g/mol. The second-order valence-electron chi connectivity index (χ2n) is 4.48. The number of rotatable bonds is 3. The summed E-state index contributed by atoms with van der Waals surface area (Å²) in [5, 5.41) is 0.593. The van der Waals surface area contributed by atoms with Gasteiger partial charge in [0.15, 0.2) is 0 Å². The van der Waals surface area contributed by atoms with Crippen molar-refractivity contribution in [2.24, 2.45) is 4.40 Å². The van der Waals surface area contributed by atoms with Gasteiger partial charge in [0.1, 0.15) is 16.7 Å². The summed E-state index contributed by atoms with van der Waals surface area (Å²) in [5.74, 6) is 0.618. The van der Waals surface area contributed by atoms with Crippen molar-refractivity contribution in [3.63, 3.8) is 0 Å². The third-order valence-corrected chi connectivity index (χ3v) is 3.59. The first kappa shape index (κ1) is 14.2. The van der Waals surface area contributed by atoms with Crippen LogP contribution < -0.4 is 4.74 Å². The lowest BCUT2D eigenvalue weighted by atomic mass is 10.2. The minimum Gasteiger partial charge on any atom is -0.496 e. The Balaban J connectivity index is 2.96. The maximum Gasteiger partial charge on any atom is 0.144 e. The molecule has 0 heterocycles. The molecule has 0 aromatic heterocycles. The standard InChI is InChI=1S/C12H16ClNO2S/c1-12(2,3)17(15)14-8-9-5-6-10(13)7-11(9)16-4/h5-8H,1-4H3/b14-8+/t17-/m0/s1. The van der Waals surface area contributed by atoms with E-state index in [0.717, 1.165) is 5.56 Å². The Morgan fingerprint density at radius 3 is 2.59 bits per heavy atom. The van der Waals surface area contributed by atoms with E-state index < -0.39 is 11.0 Å². The Labute approximate surface area is 109 Å². The van der Waals surface area contributed by atoms with Gasteiger partial charge in [0.25, 0.3) is 0 Å². The van der Waals surface area contributed by atoms with Crippen LogP contribution >= 0.6 is 11.6 Å². The molecule has 0 fully saturated rings. The Hall–Kier alpha value is -0.870. The predicted molar refractivity (Wildman–Crippen MR) is 73.5 cm³/mol. The molecule has 1 rings (SSSR count). The van der Waals surface area contributed by atoms with Crippen LogP contribution in [0.4, 0.5) is 0 Å². The molecule has 3 nitrogen and oxygen atoms in total. The maximum absolute atomic E-state index is 11.8. The SMILES string of the molecule is COc1cc(Cl)ccc1/C=N/[S@@](=O)C(C)(C)C. The molecular formula is C12H16ClNO2S. The second-order valence-corrected chi connectivity index (χ2v) is 6.85. The van der Waals surface area contributed by atoms with Crippen molar-refractivity contribution < 1.29 is 8.95 Å². The molecule has 0 unspecified atom stereocenters. The molecule has 0 radical (unpaired) electrons. The van der Waals surface area contributed by atoms with Crippen molar-refractivity contribution >= 4 is 28.8 Å². The lowest BCUT2D eigenvalue weighted by molar-refractivity contribution is 0.414. The summed E-state index contributed by atoms with van der Waals surface area (Å²) in [6.45, 7) is 5.62. The van der Waals surface area contributed by atoms with Crippen LogP contribution in [-0.4, -0.2) is 22.3 Å². The van der Waals surface area contributed by atoms with Gasteiger partial charge in [-0.3, -0.25) is 0 Å². The van der Waals surface area contributed by atoms with Crippen molar-refractivity contribution in [3.8, 4) is 5.75 Å². The Morgan fingerprint density at radius 2 is 2.06 bits per heavy atom. The number of methoxy groups -OCH3 is 1. The summed E-state index contributed by atoms with van der Waals surface area (Å²) < 4.78 is 20.6. The van der Waals surface area contributed by atoms with Crippen LogP contribution in [0.2, 0.25) is 5.02 Å². The molecule has 0 saturated heterocycles. The molecule has 0 N–H and O–H groups in total. The van der Waals surface area contributed by atoms with E-state index >= 15 is 0 Å². The van der Waals surface area contributed by atoms with Gasteiger partial charge in [0.2, 0.25) is 0 Å². The molecule has 5 heteroatoms. The largest absolute Gasteiger partial charge is 0.496 e. The van der Waals surface area contributed by atoms with E-state index in [9.17, 15) is 4.21 Å². The summed E-state index contributed by atoms with van der Waals surface area (Å²) >= 11 is 5.85. The maximum atomic E-state index is 11.8. The van der Waals surface area contributed by atoms with Crippen molar-refractivity contribution in [2.75, 3.05) is 7.11 Å². The van der Waals surface area contributed by atoms with Gasteiger partial charge in [-0.2, -0.15) is 4.40 Å². The van der Waals surface area contributed by atoms with E-state index in [-0.39, 0.29) is 4.75 Å². The molecule has 17 heavy (non-hydrogen) atoms. The van der Waals surface area contributed by atoms with Gasteiger partial charge in [-0.05, 0) is 39.0 Å². The van der Waals surface area contributed by atoms with Crippen LogP contribution in [0.3, 0.4) is 0 Å². The molecule has 0 aliphatic heterocycles. The van der Waals surface area contributed by atoms with Crippen LogP contribution in [0.1, 0.15) is 26.3 Å². The lowest BCUT2D eigenvalue weighted by Gasteiger charge is -2.13. The van der Waals surface area contributed by atoms with Crippen LogP contribution in [0.15, 0.2) is 22.6 Å². The van der Waals surface area contributed by atoms with E-state index in [2.05, 4.69) is 4.40 Å². The van der Waals surface area contributed by atoms with E-state index in [1.54, 1.807) is 31.5 Å². The Morgan fingerprint density at radius 1 is 1.41 bits per heavy atom. The van der Waals surface area contributed by atoms with Gasteiger partial charge < -0.3 is 4.74 Å². The molecule has 1 aromatic carbocycles. The van der Waals surface area contributed by atoms with E-state index in [1.165, 1.54) is 0 Å². The Bertz CT molecular complexity index is 452. The molecule has 0 aliphatic carbocycles. The average Bonchev–Trinajstić information content (AvgIpc) is 2.25. The molecule has 1 atom stereocenters. The number of hydrogen-bond acceptors (Lipinski definition) is 2. The van der Waals surface area contributed by atoms with Gasteiger partial charge in [0.05, 0.1) is 11.9 Å². The molecule has 94 valence electrons. The fraction of sp³-hybridized carbons (Fsp3) is 0.417. The summed E-state index contributed by atoms with van der Waals surface area (Å²) in [5.41, 5.74) is 0.759. The van der Waals surface area contributed by atoms with Crippen molar-refractivity contribution in [3.05, 3.63) is 28.8 Å². The highest BCUT2D eigenvalue weighted by Crippen LogP contribution is 2.22. The fourth-order valence-corrected chi connectivity index (χ4v) is 1.74. The summed E-state index contributed by atoms with van der Waals surface area (Å²) in [6.07, 6.45) is 1.55. The molecule has 0 aliphatic rings. The summed E-state index contributed by atoms with van der Waals surface area (Å²) in [4.78, 5) is 0. The van der Waals surface area contributed by atoms with Crippen LogP contribution in [0.25, 0.3) is 0 Å². The fourth-order valence-electron chi connectivity index (χ4n) is 1.05. The number of halogens is 1. The molecule has 1 aromatic rings. The summed E-state index contributed by atoms with van der Waals surface area (Å²) in [6, 6.07) is 5.22. The first-order valence-corrected chi connectivity index (χ1v) is 6.62. The van der Waals surface area contributed by atoms with Gasteiger partial charge in [0, 0.05) is 16.8 Å². The van der Waals surface area contributed by atoms with Gasteiger partial charge in [-0.1, -0.05) is 11.6 Å². The normalized spacial score (nSPS) is 13.9. The highest BCUT2D eigenvalue weighted by atomic mass is 35.5. The molecule has 0 spiro atoms. The van der Waals surface area contributed by atoms with E-state index in [0.29, 0.717) is 10.8 Å². The van der Waals surface area contributed by atoms with Crippen LogP contribution in [0.5, 0.6) is 5.75 Å². The zero-order valence-corrected chi connectivity index (χ0v) is 11.9. The summed E-state index contributed by atoms with van der Waals surface area (Å²) in [7, 11) is 0.287. The highest BCUT2D eigenvalue weighted by Gasteiger charge is 2.18. The molecule has 0 saturated carbocycles. The Kier molecular flexibility index (Phi) is 4.71. The van der Waals surface area contributed by atoms with Gasteiger partial charge >= 0.3 is 0 Å². The zero-order valence-electron chi connectivity index (χ0n) is 10.4. The van der Waals surface area contributed by atoms with Gasteiger partial charge in [-0.25, -0.2) is 4.21 Å². The van der Waals surface area contributed by atoms with E-state index in [4.69, 9.17) is 16.3 Å². The van der Waals surface area contributed by atoms with Gasteiger partial charge in [-0.15, -0.1) is 0 Å². The molecular weight excluding hydrogens is 258 g/mol. The smallest absolute Gasteiger partial charge is 0.144 e. The molecule has 0 bridgehead atoms. The van der Waals surface area contributed by atoms with E-state index in [1.807, 2.05) is 20.8 Å². The predicted octanol–water partition coefficient (Wildman–Crippen LogP) is 3.23. The van der Waals surface area contributed by atoms with Crippen LogP contribution in [0, 0.1) is 0 Å². The topological polar surface area (TPSA) is 38.7 Å². The second kappa shape index (κ2) is 5.65. The van der Waals surface area contributed by atoms with Crippen molar-refractivity contribution in [1.82, 2.24) is 0 Å². The third kappa shape index (κ3) is 4.13. The van der Waals surface area contributed by atoms with Crippen molar-refractivity contribution in [2.45, 2.75) is 25.5 Å². The number of benzene rings is 1. The third-order valence-electron chi connectivity index (χ3n) is 2.01. The lowest BCUT2D eigenvalue weighted by Crippen LogP contribution is -2.19.